The monoisotopic (exact) mass is 255 g/mol. The van der Waals surface area contributed by atoms with E-state index < -0.39 is 12.1 Å². The van der Waals surface area contributed by atoms with E-state index in [2.05, 4.69) is 10.1 Å². The molecule has 98 valence electrons. The molecule has 0 saturated carbocycles. The van der Waals surface area contributed by atoms with E-state index in [0.717, 1.165) is 0 Å². The quantitative estimate of drug-likeness (QED) is 0.793. The number of hydrogen-bond donors (Lipinski definition) is 2. The molecule has 1 aromatic rings. The van der Waals surface area contributed by atoms with Gasteiger partial charge in [0.1, 0.15) is 17.2 Å². The minimum Gasteiger partial charge on any atom is -0.494 e. The smallest absolute Gasteiger partial charge is 0.409 e. The molecule has 0 unspecified atom stereocenters. The van der Waals surface area contributed by atoms with Crippen LogP contribution in [0.4, 0.5) is 10.5 Å². The van der Waals surface area contributed by atoms with Crippen molar-refractivity contribution in [1.29, 1.82) is 0 Å². The number of carbonyl (C=O) groups excluding carboxylic acids is 1. The summed E-state index contributed by atoms with van der Waals surface area (Å²) >= 11 is 0. The maximum absolute atomic E-state index is 11.4. The molecule has 0 atom stereocenters. The molecule has 7 nitrogen and oxygen atoms in total. The van der Waals surface area contributed by atoms with Gasteiger partial charge in [-0.3, -0.25) is 5.32 Å². The van der Waals surface area contributed by atoms with Gasteiger partial charge in [-0.1, -0.05) is 0 Å². The first-order chi connectivity index (χ1) is 8.53. The van der Waals surface area contributed by atoms with Crippen LogP contribution in [0.15, 0.2) is 12.1 Å². The molecule has 0 aliphatic heterocycles. The highest BCUT2D eigenvalue weighted by Crippen LogP contribution is 2.36. The van der Waals surface area contributed by atoms with Crippen molar-refractivity contribution in [3.63, 3.8) is 0 Å². The van der Waals surface area contributed by atoms with Crippen molar-refractivity contribution in [2.45, 2.75) is 0 Å². The molecule has 0 aliphatic rings. The van der Waals surface area contributed by atoms with Crippen LogP contribution < -0.4 is 14.8 Å². The lowest BCUT2D eigenvalue weighted by atomic mass is 10.1. The predicted octanol–water partition coefficient (Wildman–Crippen LogP) is 1.58. The van der Waals surface area contributed by atoms with Crippen molar-refractivity contribution in [2.24, 2.45) is 0 Å². The van der Waals surface area contributed by atoms with E-state index in [1.54, 1.807) is 0 Å². The van der Waals surface area contributed by atoms with Crippen LogP contribution in [0, 0.1) is 0 Å². The Hall–Kier alpha value is -2.44. The van der Waals surface area contributed by atoms with Crippen molar-refractivity contribution < 1.29 is 28.9 Å². The third-order valence-corrected chi connectivity index (χ3v) is 2.16. The summed E-state index contributed by atoms with van der Waals surface area (Å²) in [6.45, 7) is 0. The molecule has 0 spiro atoms. The van der Waals surface area contributed by atoms with Crippen LogP contribution in [0.25, 0.3) is 0 Å². The summed E-state index contributed by atoms with van der Waals surface area (Å²) in [7, 11) is 3.94. The normalized spacial score (nSPS) is 9.50. The summed E-state index contributed by atoms with van der Waals surface area (Å²) in [5.41, 5.74) is 0.322. The summed E-state index contributed by atoms with van der Waals surface area (Å²) in [6.07, 6.45) is -1.27. The van der Waals surface area contributed by atoms with Gasteiger partial charge in [0.15, 0.2) is 0 Å². The number of ether oxygens (including phenoxy) is 3. The van der Waals surface area contributed by atoms with E-state index in [1.807, 2.05) is 0 Å². The number of anilines is 1. The number of amides is 1. The zero-order valence-electron chi connectivity index (χ0n) is 10.1. The number of carbonyl (C=O) groups is 2. The predicted molar refractivity (Wildman–Crippen MR) is 62.5 cm³/mol. The first-order valence-electron chi connectivity index (χ1n) is 4.87. The Bertz CT molecular complexity index is 446. The summed E-state index contributed by atoms with van der Waals surface area (Å²) < 4.78 is 14.6. The topological polar surface area (TPSA) is 94.1 Å². The molecule has 0 aliphatic carbocycles. The first kappa shape index (κ1) is 13.6. The zero-order chi connectivity index (χ0) is 13.7. The summed E-state index contributed by atoms with van der Waals surface area (Å²) in [4.78, 5) is 22.1. The van der Waals surface area contributed by atoms with E-state index in [0.29, 0.717) is 0 Å². The van der Waals surface area contributed by atoms with Crippen LogP contribution in [0.5, 0.6) is 11.5 Å². The van der Waals surface area contributed by atoms with Crippen molar-refractivity contribution >= 4 is 17.7 Å². The van der Waals surface area contributed by atoms with Gasteiger partial charge in [0.25, 0.3) is 0 Å². The largest absolute Gasteiger partial charge is 0.494 e. The van der Waals surface area contributed by atoms with E-state index in [4.69, 9.17) is 14.6 Å². The summed E-state index contributed by atoms with van der Waals surface area (Å²) in [6, 6.07) is 2.72. The third kappa shape index (κ3) is 2.82. The van der Waals surface area contributed by atoms with Crippen molar-refractivity contribution in [2.75, 3.05) is 26.6 Å². The number of carboxylic acid groups (broad SMARTS) is 1. The molecule has 18 heavy (non-hydrogen) atoms. The minimum absolute atomic E-state index is 0.125. The second-order valence-electron chi connectivity index (χ2n) is 3.18. The molecule has 7 heteroatoms. The van der Waals surface area contributed by atoms with Crippen LogP contribution in [-0.4, -0.2) is 38.5 Å². The van der Waals surface area contributed by atoms with Gasteiger partial charge in [-0.05, 0) is 12.1 Å². The van der Waals surface area contributed by atoms with Gasteiger partial charge < -0.3 is 19.3 Å². The molecule has 0 heterocycles. The van der Waals surface area contributed by atoms with Gasteiger partial charge in [0.2, 0.25) is 0 Å². The van der Waals surface area contributed by atoms with Crippen LogP contribution >= 0.6 is 0 Å². The fraction of sp³-hybridized carbons (Fsp3) is 0.273. The lowest BCUT2D eigenvalue weighted by Gasteiger charge is -2.14. The van der Waals surface area contributed by atoms with E-state index >= 15 is 0 Å². The second-order valence-corrected chi connectivity index (χ2v) is 3.18. The fourth-order valence-corrected chi connectivity index (χ4v) is 1.38. The Morgan fingerprint density at radius 2 is 1.61 bits per heavy atom. The molecule has 1 rings (SSSR count). The Balaban J connectivity index is 3.33. The fourth-order valence-electron chi connectivity index (χ4n) is 1.38. The molecular formula is C11H13NO6. The number of rotatable bonds is 4. The van der Waals surface area contributed by atoms with E-state index in [1.165, 1.54) is 33.5 Å². The highest BCUT2D eigenvalue weighted by atomic mass is 16.5. The Kier molecular flexibility index (Phi) is 4.36. The summed E-state index contributed by atoms with van der Waals surface area (Å²) in [5, 5.41) is 10.9. The number of methoxy groups -OCH3 is 3. The lowest BCUT2D eigenvalue weighted by molar-refractivity contribution is 0.0600. The van der Waals surface area contributed by atoms with E-state index in [9.17, 15) is 9.59 Å². The number of hydrogen-bond acceptors (Lipinski definition) is 5. The SMILES string of the molecule is COC(=O)c1cc(OC)c(NC(=O)O)c(OC)c1. The maximum atomic E-state index is 11.4. The minimum atomic E-state index is -1.27. The van der Waals surface area contributed by atoms with Gasteiger partial charge in [0.05, 0.1) is 26.9 Å². The highest BCUT2D eigenvalue weighted by molar-refractivity contribution is 5.94. The molecule has 0 bridgehead atoms. The van der Waals surface area contributed by atoms with Crippen molar-refractivity contribution in [1.82, 2.24) is 0 Å². The van der Waals surface area contributed by atoms with Gasteiger partial charge in [-0.2, -0.15) is 0 Å². The Morgan fingerprint density at radius 3 is 1.94 bits per heavy atom. The van der Waals surface area contributed by atoms with Gasteiger partial charge in [0, 0.05) is 0 Å². The van der Waals surface area contributed by atoms with Crippen LogP contribution in [0.1, 0.15) is 10.4 Å². The van der Waals surface area contributed by atoms with Crippen LogP contribution in [0.2, 0.25) is 0 Å². The summed E-state index contributed by atoms with van der Waals surface area (Å²) in [5.74, 6) is -0.247. The molecule has 1 amide bonds. The van der Waals surface area contributed by atoms with Crippen LogP contribution in [0.3, 0.4) is 0 Å². The van der Waals surface area contributed by atoms with Gasteiger partial charge in [-0.25, -0.2) is 9.59 Å². The first-order valence-corrected chi connectivity index (χ1v) is 4.87. The Morgan fingerprint density at radius 1 is 1.11 bits per heavy atom. The molecule has 0 saturated heterocycles. The molecule has 0 radical (unpaired) electrons. The molecule has 0 fully saturated rings. The average molecular weight is 255 g/mol. The Labute approximate surface area is 103 Å². The maximum Gasteiger partial charge on any atom is 0.409 e. The van der Waals surface area contributed by atoms with Gasteiger partial charge >= 0.3 is 12.1 Å². The van der Waals surface area contributed by atoms with Gasteiger partial charge in [-0.15, -0.1) is 0 Å². The number of benzene rings is 1. The molecular weight excluding hydrogens is 242 g/mol. The van der Waals surface area contributed by atoms with Crippen molar-refractivity contribution in [3.8, 4) is 11.5 Å². The van der Waals surface area contributed by atoms with Crippen molar-refractivity contribution in [3.05, 3.63) is 17.7 Å². The molecule has 0 aromatic heterocycles. The zero-order valence-corrected chi connectivity index (χ0v) is 10.1. The van der Waals surface area contributed by atoms with E-state index in [-0.39, 0.29) is 22.7 Å². The molecule has 1 aromatic carbocycles. The average Bonchev–Trinajstić information content (AvgIpc) is 2.37. The van der Waals surface area contributed by atoms with Crippen LogP contribution in [-0.2, 0) is 4.74 Å². The number of esters is 1. The third-order valence-electron chi connectivity index (χ3n) is 2.16. The lowest BCUT2D eigenvalue weighted by Crippen LogP contribution is -2.11. The second kappa shape index (κ2) is 5.76. The standard InChI is InChI=1S/C11H13NO6/c1-16-7-4-6(10(13)18-3)5-8(17-2)9(7)12-11(14)15/h4-5,12H,1-3H3,(H,14,15). The highest BCUT2D eigenvalue weighted by Gasteiger charge is 2.18. The number of nitrogens with one attached hydrogen (secondary N) is 1. The molecule has 2 N–H and O–H groups in total.